The Bertz CT molecular complexity index is 583. The molecule has 0 atom stereocenters. The van der Waals surface area contributed by atoms with Crippen LogP contribution < -0.4 is 11.1 Å². The van der Waals surface area contributed by atoms with Crippen molar-refractivity contribution in [2.24, 2.45) is 0 Å². The van der Waals surface area contributed by atoms with E-state index in [-0.39, 0.29) is 5.91 Å². The lowest BCUT2D eigenvalue weighted by Gasteiger charge is -2.07. The van der Waals surface area contributed by atoms with Gasteiger partial charge in [0.1, 0.15) is 0 Å². The molecule has 3 N–H and O–H groups in total. The zero-order valence-corrected chi connectivity index (χ0v) is 13.2. The van der Waals surface area contributed by atoms with Gasteiger partial charge in [0.05, 0.1) is 12.1 Å². The number of amides is 1. The predicted octanol–water partition coefficient (Wildman–Crippen LogP) is 3.79. The first kappa shape index (κ1) is 13.6. The molecule has 1 heterocycles. The molecule has 0 bridgehead atoms. The van der Waals surface area contributed by atoms with Crippen LogP contribution >= 0.6 is 43.2 Å². The Hall–Kier alpha value is -0.850. The largest absolute Gasteiger partial charge is 0.398 e. The highest BCUT2D eigenvalue weighted by Crippen LogP contribution is 2.23. The number of carbonyl (C=O) groups is 1. The number of thiophene rings is 1. The molecule has 0 aliphatic carbocycles. The maximum absolute atomic E-state index is 12.0. The zero-order valence-electron chi connectivity index (χ0n) is 9.24. The van der Waals surface area contributed by atoms with Gasteiger partial charge in [0.2, 0.25) is 0 Å². The quantitative estimate of drug-likeness (QED) is 0.784. The second-order valence-electron chi connectivity index (χ2n) is 3.61. The van der Waals surface area contributed by atoms with Crippen molar-refractivity contribution >= 4 is 54.8 Å². The first-order valence-corrected chi connectivity index (χ1v) is 7.59. The average Bonchev–Trinajstić information content (AvgIpc) is 2.72. The molecule has 1 aromatic carbocycles. The lowest BCUT2D eigenvalue weighted by Crippen LogP contribution is -2.23. The number of rotatable bonds is 3. The van der Waals surface area contributed by atoms with Crippen LogP contribution in [0.1, 0.15) is 15.2 Å². The molecule has 2 aromatic rings. The fourth-order valence-electron chi connectivity index (χ4n) is 1.45. The van der Waals surface area contributed by atoms with E-state index in [9.17, 15) is 4.79 Å². The molecule has 3 nitrogen and oxygen atoms in total. The van der Waals surface area contributed by atoms with E-state index in [4.69, 9.17) is 5.73 Å². The number of nitrogens with two attached hydrogens (primary N) is 1. The number of hydrogen-bond acceptors (Lipinski definition) is 3. The number of halogens is 2. The van der Waals surface area contributed by atoms with Crippen LogP contribution in [0.2, 0.25) is 0 Å². The van der Waals surface area contributed by atoms with Crippen molar-refractivity contribution in [3.63, 3.8) is 0 Å². The summed E-state index contributed by atoms with van der Waals surface area (Å²) in [6.07, 6.45) is 0. The van der Waals surface area contributed by atoms with Gasteiger partial charge in [-0.05, 0) is 45.6 Å². The molecule has 0 saturated heterocycles. The summed E-state index contributed by atoms with van der Waals surface area (Å²) in [4.78, 5) is 13.0. The molecular weight excluding hydrogens is 380 g/mol. The third kappa shape index (κ3) is 3.13. The lowest BCUT2D eigenvalue weighted by molar-refractivity contribution is 0.0952. The van der Waals surface area contributed by atoms with Crippen LogP contribution in [0.5, 0.6) is 0 Å². The van der Waals surface area contributed by atoms with Crippen molar-refractivity contribution in [1.29, 1.82) is 0 Å². The van der Waals surface area contributed by atoms with Gasteiger partial charge in [-0.15, -0.1) is 11.3 Å². The molecule has 2 rings (SSSR count). The summed E-state index contributed by atoms with van der Waals surface area (Å²) in [6, 6.07) is 7.18. The van der Waals surface area contributed by atoms with Crippen molar-refractivity contribution < 1.29 is 4.79 Å². The zero-order chi connectivity index (χ0) is 13.1. The van der Waals surface area contributed by atoms with Gasteiger partial charge in [-0.2, -0.15) is 0 Å². The number of carbonyl (C=O) groups excluding carboxylic acids is 1. The number of anilines is 1. The number of nitrogen functional groups attached to an aromatic ring is 1. The van der Waals surface area contributed by atoms with Gasteiger partial charge in [0.25, 0.3) is 5.91 Å². The van der Waals surface area contributed by atoms with Crippen LogP contribution in [-0.4, -0.2) is 5.91 Å². The minimum atomic E-state index is -0.166. The van der Waals surface area contributed by atoms with Crippen molar-refractivity contribution in [2.45, 2.75) is 6.54 Å². The Morgan fingerprint density at radius 2 is 2.11 bits per heavy atom. The Labute approximate surface area is 126 Å². The van der Waals surface area contributed by atoms with Gasteiger partial charge in [-0.25, -0.2) is 0 Å². The molecule has 0 fully saturated rings. The number of hydrogen-bond donors (Lipinski definition) is 2. The Morgan fingerprint density at radius 3 is 2.72 bits per heavy atom. The Balaban J connectivity index is 2.06. The molecule has 0 radical (unpaired) electrons. The highest BCUT2D eigenvalue weighted by atomic mass is 79.9. The summed E-state index contributed by atoms with van der Waals surface area (Å²) < 4.78 is 1.87. The van der Waals surface area contributed by atoms with E-state index in [1.807, 2.05) is 11.4 Å². The summed E-state index contributed by atoms with van der Waals surface area (Å²) in [5, 5.41) is 4.82. The van der Waals surface area contributed by atoms with Crippen molar-refractivity contribution in [2.75, 3.05) is 5.73 Å². The maximum atomic E-state index is 12.0. The Morgan fingerprint density at radius 1 is 1.33 bits per heavy atom. The first-order chi connectivity index (χ1) is 8.58. The van der Waals surface area contributed by atoms with Crippen LogP contribution in [-0.2, 0) is 6.54 Å². The van der Waals surface area contributed by atoms with Crippen LogP contribution in [0, 0.1) is 0 Å². The van der Waals surface area contributed by atoms with Crippen molar-refractivity contribution in [3.8, 4) is 0 Å². The summed E-state index contributed by atoms with van der Waals surface area (Å²) in [7, 11) is 0. The Kier molecular flexibility index (Phi) is 4.42. The van der Waals surface area contributed by atoms with E-state index in [1.165, 1.54) is 0 Å². The molecule has 0 spiro atoms. The molecule has 18 heavy (non-hydrogen) atoms. The van der Waals surface area contributed by atoms with Gasteiger partial charge in [-0.3, -0.25) is 4.79 Å². The van der Waals surface area contributed by atoms with Crippen molar-refractivity contribution in [3.05, 3.63) is 49.0 Å². The van der Waals surface area contributed by atoms with Gasteiger partial charge in [0, 0.05) is 19.5 Å². The molecule has 0 aliphatic heterocycles. The normalized spacial score (nSPS) is 10.3. The fourth-order valence-corrected chi connectivity index (χ4v) is 3.26. The monoisotopic (exact) mass is 388 g/mol. The van der Waals surface area contributed by atoms with Crippen LogP contribution in [0.15, 0.2) is 38.6 Å². The summed E-state index contributed by atoms with van der Waals surface area (Å²) in [6.45, 7) is 0.493. The minimum absolute atomic E-state index is 0.166. The van der Waals surface area contributed by atoms with E-state index >= 15 is 0 Å². The van der Waals surface area contributed by atoms with E-state index in [0.717, 1.165) is 13.8 Å². The van der Waals surface area contributed by atoms with Gasteiger partial charge >= 0.3 is 0 Å². The van der Waals surface area contributed by atoms with E-state index in [0.29, 0.717) is 17.8 Å². The maximum Gasteiger partial charge on any atom is 0.253 e. The molecule has 0 aliphatic rings. The summed E-state index contributed by atoms with van der Waals surface area (Å²) >= 11 is 8.33. The smallest absolute Gasteiger partial charge is 0.253 e. The fraction of sp³-hybridized carbons (Fsp3) is 0.0833. The molecule has 0 unspecified atom stereocenters. The highest BCUT2D eigenvalue weighted by molar-refractivity contribution is 9.10. The van der Waals surface area contributed by atoms with Crippen LogP contribution in [0.4, 0.5) is 5.69 Å². The van der Waals surface area contributed by atoms with E-state index < -0.39 is 0 Å². The predicted molar refractivity (Wildman–Crippen MR) is 81.7 cm³/mol. The average molecular weight is 390 g/mol. The highest BCUT2D eigenvalue weighted by Gasteiger charge is 2.10. The van der Waals surface area contributed by atoms with Gasteiger partial charge in [-0.1, -0.05) is 15.9 Å². The topological polar surface area (TPSA) is 55.1 Å². The summed E-state index contributed by atoms with van der Waals surface area (Å²) in [5.41, 5.74) is 6.76. The molecule has 94 valence electrons. The molecular formula is C12H10Br2N2OS. The minimum Gasteiger partial charge on any atom is -0.398 e. The van der Waals surface area contributed by atoms with E-state index in [2.05, 4.69) is 37.2 Å². The third-order valence-corrected chi connectivity index (χ3v) is 4.78. The van der Waals surface area contributed by atoms with Crippen molar-refractivity contribution in [1.82, 2.24) is 5.32 Å². The van der Waals surface area contributed by atoms with Gasteiger partial charge in [0.15, 0.2) is 0 Å². The molecule has 1 aromatic heterocycles. The number of nitrogens with one attached hydrogen (secondary N) is 1. The van der Waals surface area contributed by atoms with Crippen LogP contribution in [0.25, 0.3) is 0 Å². The van der Waals surface area contributed by atoms with E-state index in [1.54, 1.807) is 29.5 Å². The third-order valence-electron chi connectivity index (χ3n) is 2.36. The lowest BCUT2D eigenvalue weighted by atomic mass is 10.1. The molecule has 6 heteroatoms. The molecule has 1 amide bonds. The standard InChI is InChI=1S/C12H10Br2N2OS/c13-7-1-2-8(10(15)5-7)12(17)16-6-11-9(14)3-4-18-11/h1-5H,6,15H2,(H,16,17). The molecule has 0 saturated carbocycles. The SMILES string of the molecule is Nc1cc(Br)ccc1C(=O)NCc1sccc1Br. The summed E-state index contributed by atoms with van der Waals surface area (Å²) in [5.74, 6) is -0.166. The first-order valence-electron chi connectivity index (χ1n) is 5.13. The second-order valence-corrected chi connectivity index (χ2v) is 6.38. The van der Waals surface area contributed by atoms with Gasteiger partial charge < -0.3 is 11.1 Å². The number of benzene rings is 1. The second kappa shape index (κ2) is 5.86. The van der Waals surface area contributed by atoms with Crippen LogP contribution in [0.3, 0.4) is 0 Å².